The first kappa shape index (κ1) is 27.9. The molecule has 0 unspecified atom stereocenters. The molecule has 7 aromatic carbocycles. The van der Waals surface area contributed by atoms with Crippen LogP contribution in [0.5, 0.6) is 0 Å². The van der Waals surface area contributed by atoms with Crippen molar-refractivity contribution in [2.75, 3.05) is 0 Å². The van der Waals surface area contributed by atoms with Gasteiger partial charge in [0.15, 0.2) is 5.82 Å². The van der Waals surface area contributed by atoms with Crippen molar-refractivity contribution in [2.24, 2.45) is 0 Å². The van der Waals surface area contributed by atoms with E-state index < -0.39 is 0 Å². The molecular formula is C46H27N5. The lowest BCUT2D eigenvalue weighted by atomic mass is 9.99. The topological polar surface area (TPSA) is 56.5 Å². The maximum Gasteiger partial charge on any atom is 0.160 e. The second kappa shape index (κ2) is 10.8. The smallest absolute Gasteiger partial charge is 0.160 e. The zero-order valence-electron chi connectivity index (χ0n) is 27.3. The summed E-state index contributed by atoms with van der Waals surface area (Å²) < 4.78 is 2.39. The van der Waals surface area contributed by atoms with Crippen LogP contribution in [0.25, 0.3) is 106 Å². The van der Waals surface area contributed by atoms with E-state index in [2.05, 4.69) is 108 Å². The fraction of sp³-hybridized carbons (Fsp3) is 0. The minimum Gasteiger partial charge on any atom is -0.309 e. The van der Waals surface area contributed by atoms with Gasteiger partial charge in [0, 0.05) is 49.7 Å². The molecule has 0 amide bonds. The Labute approximate surface area is 293 Å². The Kier molecular flexibility index (Phi) is 5.89. The van der Waals surface area contributed by atoms with E-state index in [-0.39, 0.29) is 0 Å². The van der Waals surface area contributed by atoms with Crippen LogP contribution in [-0.4, -0.2) is 24.5 Å². The van der Waals surface area contributed by atoms with Gasteiger partial charge >= 0.3 is 0 Å². The molecule has 5 nitrogen and oxygen atoms in total. The van der Waals surface area contributed by atoms with Crippen LogP contribution in [0, 0.1) is 0 Å². The van der Waals surface area contributed by atoms with Gasteiger partial charge in [-0.05, 0) is 47.9 Å². The van der Waals surface area contributed by atoms with Crippen molar-refractivity contribution in [3.8, 4) is 62.1 Å². The first-order valence-corrected chi connectivity index (χ1v) is 17.2. The minimum absolute atomic E-state index is 0.701. The van der Waals surface area contributed by atoms with Crippen LogP contribution in [0.3, 0.4) is 0 Å². The molecule has 0 saturated heterocycles. The van der Waals surface area contributed by atoms with E-state index in [1.165, 1.54) is 21.5 Å². The lowest BCUT2D eigenvalue weighted by Crippen LogP contribution is -1.98. The molecule has 0 atom stereocenters. The predicted octanol–water partition coefficient (Wildman–Crippen LogP) is 11.3. The molecule has 0 aliphatic heterocycles. The monoisotopic (exact) mass is 649 g/mol. The number of para-hydroxylation sites is 3. The highest BCUT2D eigenvalue weighted by atomic mass is 15.0. The van der Waals surface area contributed by atoms with E-state index in [0.717, 1.165) is 78.3 Å². The van der Waals surface area contributed by atoms with Gasteiger partial charge in [0.1, 0.15) is 0 Å². The third-order valence-electron chi connectivity index (χ3n) is 10.1. The van der Waals surface area contributed by atoms with Crippen molar-refractivity contribution in [1.82, 2.24) is 24.5 Å². The molecule has 3 aromatic heterocycles. The highest BCUT2D eigenvalue weighted by Crippen LogP contribution is 2.50. The van der Waals surface area contributed by atoms with Crippen LogP contribution in [0.1, 0.15) is 0 Å². The molecule has 1 aliphatic carbocycles. The van der Waals surface area contributed by atoms with Gasteiger partial charge in [-0.3, -0.25) is 0 Å². The Bertz CT molecular complexity index is 2960. The number of nitrogens with zero attached hydrogens (tertiary/aromatic N) is 5. The van der Waals surface area contributed by atoms with E-state index in [1.54, 1.807) is 0 Å². The molecule has 236 valence electrons. The first-order valence-electron chi connectivity index (χ1n) is 17.2. The fourth-order valence-electron chi connectivity index (χ4n) is 7.85. The number of rotatable bonds is 4. The summed E-state index contributed by atoms with van der Waals surface area (Å²) in [5.41, 5.74) is 14.1. The van der Waals surface area contributed by atoms with Gasteiger partial charge in [-0.2, -0.15) is 0 Å². The molecule has 0 bridgehead atoms. The molecule has 10 aromatic rings. The molecule has 1 aliphatic rings. The number of hydrogen-bond donors (Lipinski definition) is 0. The van der Waals surface area contributed by atoms with E-state index in [1.807, 2.05) is 60.7 Å². The van der Waals surface area contributed by atoms with Crippen LogP contribution in [-0.2, 0) is 0 Å². The van der Waals surface area contributed by atoms with Crippen molar-refractivity contribution in [3.05, 3.63) is 164 Å². The SMILES string of the molecule is c1ccc(-c2cc(-c3cccc(-n4c5ccccc5c5c6cccc7c6c(cc54)-c4nc5ccccc5nc4-7)c3)nc(-c3ccccc3)n2)cc1. The summed E-state index contributed by atoms with van der Waals surface area (Å²) in [6.07, 6.45) is 0. The quantitative estimate of drug-likeness (QED) is 0.190. The van der Waals surface area contributed by atoms with Gasteiger partial charge in [-0.1, -0.05) is 121 Å². The molecule has 51 heavy (non-hydrogen) atoms. The Balaban J connectivity index is 1.16. The average molecular weight is 650 g/mol. The summed E-state index contributed by atoms with van der Waals surface area (Å²) >= 11 is 0. The molecule has 0 spiro atoms. The Morgan fingerprint density at radius 3 is 1.76 bits per heavy atom. The summed E-state index contributed by atoms with van der Waals surface area (Å²) in [6.45, 7) is 0. The van der Waals surface area contributed by atoms with Crippen molar-refractivity contribution in [3.63, 3.8) is 0 Å². The molecule has 11 rings (SSSR count). The van der Waals surface area contributed by atoms with Crippen molar-refractivity contribution in [1.29, 1.82) is 0 Å². The fourth-order valence-corrected chi connectivity index (χ4v) is 7.85. The van der Waals surface area contributed by atoms with Crippen LogP contribution in [0.4, 0.5) is 0 Å². The zero-order valence-corrected chi connectivity index (χ0v) is 27.3. The second-order valence-corrected chi connectivity index (χ2v) is 13.1. The van der Waals surface area contributed by atoms with Crippen molar-refractivity contribution < 1.29 is 0 Å². The normalized spacial score (nSPS) is 11.9. The maximum atomic E-state index is 5.19. The van der Waals surface area contributed by atoms with Gasteiger partial charge in [0.25, 0.3) is 0 Å². The average Bonchev–Trinajstić information content (AvgIpc) is 3.70. The standard InChI is InChI=1S/C46H27N5/c1-3-13-28(14-4-1)38-27-39(50-46(49-38)29-15-5-2-6-16-29)30-17-11-18-31(25-30)51-40-24-10-7-19-32(40)43-33-20-12-21-34-42(33)35(26-41(43)51)45-44(34)47-36-22-8-9-23-37(36)48-45/h1-27H. The largest absolute Gasteiger partial charge is 0.309 e. The molecule has 3 heterocycles. The number of fused-ring (bicyclic) bond motifs is 8. The Hall–Kier alpha value is -6.98. The van der Waals surface area contributed by atoms with Gasteiger partial charge in [0.05, 0.1) is 44.8 Å². The highest BCUT2D eigenvalue weighted by molar-refractivity contribution is 6.28. The number of aromatic nitrogens is 5. The number of hydrogen-bond acceptors (Lipinski definition) is 4. The van der Waals surface area contributed by atoms with E-state index in [4.69, 9.17) is 19.9 Å². The van der Waals surface area contributed by atoms with Crippen molar-refractivity contribution in [2.45, 2.75) is 0 Å². The molecule has 0 fully saturated rings. The molecular weight excluding hydrogens is 623 g/mol. The van der Waals surface area contributed by atoms with Crippen LogP contribution < -0.4 is 0 Å². The summed E-state index contributed by atoms with van der Waals surface area (Å²) in [7, 11) is 0. The number of benzene rings is 7. The first-order chi connectivity index (χ1) is 25.3. The molecule has 0 radical (unpaired) electrons. The van der Waals surface area contributed by atoms with E-state index >= 15 is 0 Å². The molecule has 5 heteroatoms. The summed E-state index contributed by atoms with van der Waals surface area (Å²) in [5.74, 6) is 0.701. The minimum atomic E-state index is 0.701. The lowest BCUT2D eigenvalue weighted by Gasteiger charge is -2.13. The third-order valence-corrected chi connectivity index (χ3v) is 10.1. The summed E-state index contributed by atoms with van der Waals surface area (Å²) in [6, 6.07) is 57.1. The van der Waals surface area contributed by atoms with Crippen molar-refractivity contribution >= 4 is 43.6 Å². The second-order valence-electron chi connectivity index (χ2n) is 13.1. The Morgan fingerprint density at radius 2 is 0.980 bits per heavy atom. The summed E-state index contributed by atoms with van der Waals surface area (Å²) in [4.78, 5) is 20.5. The lowest BCUT2D eigenvalue weighted by molar-refractivity contribution is 1.16. The van der Waals surface area contributed by atoms with Gasteiger partial charge in [-0.15, -0.1) is 0 Å². The van der Waals surface area contributed by atoms with Crippen LogP contribution >= 0.6 is 0 Å². The summed E-state index contributed by atoms with van der Waals surface area (Å²) in [5, 5.41) is 4.87. The van der Waals surface area contributed by atoms with E-state index in [0.29, 0.717) is 5.82 Å². The highest BCUT2D eigenvalue weighted by Gasteiger charge is 2.28. The van der Waals surface area contributed by atoms with Crippen LogP contribution in [0.2, 0.25) is 0 Å². The zero-order chi connectivity index (χ0) is 33.5. The third kappa shape index (κ3) is 4.22. The maximum absolute atomic E-state index is 5.19. The predicted molar refractivity (Wildman–Crippen MR) is 208 cm³/mol. The van der Waals surface area contributed by atoms with Crippen LogP contribution in [0.15, 0.2) is 164 Å². The molecule has 0 saturated carbocycles. The van der Waals surface area contributed by atoms with Gasteiger partial charge < -0.3 is 4.57 Å². The van der Waals surface area contributed by atoms with Gasteiger partial charge in [0.2, 0.25) is 0 Å². The molecule has 0 N–H and O–H groups in total. The van der Waals surface area contributed by atoms with Gasteiger partial charge in [-0.25, -0.2) is 19.9 Å². The van der Waals surface area contributed by atoms with E-state index in [9.17, 15) is 0 Å². The Morgan fingerprint density at radius 1 is 0.373 bits per heavy atom.